The number of nitrogens with zero attached hydrogens (tertiary/aromatic N) is 12. The summed E-state index contributed by atoms with van der Waals surface area (Å²) < 4.78 is 25.2. The molecule has 18 heteroatoms. The van der Waals surface area contributed by atoms with E-state index in [1.54, 1.807) is 22.8 Å². The van der Waals surface area contributed by atoms with Crippen LogP contribution in [0.2, 0.25) is 0 Å². The van der Waals surface area contributed by atoms with Crippen LogP contribution in [0.15, 0.2) is 85.7 Å². The molecule has 4 aliphatic heterocycles. The molecule has 3 atom stereocenters. The molecule has 338 valence electrons. The number of amides is 2. The molecule has 66 heavy (non-hydrogen) atoms. The van der Waals surface area contributed by atoms with Crippen LogP contribution in [0.4, 0.5) is 21.6 Å². The minimum Gasteiger partial charge on any atom is -0.378 e. The summed E-state index contributed by atoms with van der Waals surface area (Å²) in [6, 6.07) is 18.1. The van der Waals surface area contributed by atoms with Gasteiger partial charge in [0.15, 0.2) is 0 Å². The number of imide groups is 1. The summed E-state index contributed by atoms with van der Waals surface area (Å²) in [4.78, 5) is 47.9. The topological polar surface area (TPSA) is 178 Å². The van der Waals surface area contributed by atoms with Crippen LogP contribution in [-0.4, -0.2) is 133 Å². The highest BCUT2D eigenvalue weighted by atomic mass is 19.1. The maximum Gasteiger partial charge on any atom is 0.249 e. The summed E-state index contributed by atoms with van der Waals surface area (Å²) in [6.45, 7) is 6.89. The zero-order valence-electron chi connectivity index (χ0n) is 36.5. The molecule has 5 fully saturated rings. The van der Waals surface area contributed by atoms with Crippen molar-refractivity contribution in [2.75, 3.05) is 67.6 Å². The number of rotatable bonds is 10. The molecular weight excluding hydrogens is 840 g/mol. The van der Waals surface area contributed by atoms with Gasteiger partial charge in [-0.25, -0.2) is 18.9 Å². The van der Waals surface area contributed by atoms with Crippen LogP contribution in [0.3, 0.4) is 0 Å². The summed E-state index contributed by atoms with van der Waals surface area (Å²) in [5, 5.41) is 24.8. The van der Waals surface area contributed by atoms with Crippen LogP contribution < -0.4 is 20.4 Å². The molecule has 2 N–H and O–H groups in total. The second kappa shape index (κ2) is 17.9. The van der Waals surface area contributed by atoms with Gasteiger partial charge in [-0.15, -0.1) is 0 Å². The Labute approximate surface area is 381 Å². The molecule has 11 rings (SSSR count). The number of pyridine rings is 2. The van der Waals surface area contributed by atoms with E-state index < -0.39 is 6.04 Å². The molecular formula is C48H51FN14O3. The van der Waals surface area contributed by atoms with E-state index >= 15 is 4.39 Å². The molecule has 5 aromatic heterocycles. The number of halogens is 1. The zero-order valence-corrected chi connectivity index (χ0v) is 36.5. The van der Waals surface area contributed by atoms with E-state index in [2.05, 4.69) is 63.3 Å². The predicted octanol–water partition coefficient (Wildman–Crippen LogP) is 4.67. The number of piperazine rings is 2. The molecule has 0 radical (unpaired) electrons. The van der Waals surface area contributed by atoms with E-state index in [1.165, 1.54) is 6.07 Å². The number of carbonyl (C=O) groups is 2. The van der Waals surface area contributed by atoms with Gasteiger partial charge in [-0.2, -0.15) is 15.5 Å². The summed E-state index contributed by atoms with van der Waals surface area (Å²) in [5.74, 6) is -0.0909. The van der Waals surface area contributed by atoms with Crippen molar-refractivity contribution >= 4 is 34.5 Å². The Hall–Kier alpha value is -6.81. The van der Waals surface area contributed by atoms with Crippen molar-refractivity contribution < 1.29 is 18.7 Å². The van der Waals surface area contributed by atoms with Crippen LogP contribution in [-0.2, 0) is 20.9 Å². The molecule has 4 saturated heterocycles. The lowest BCUT2D eigenvalue weighted by atomic mass is 9.90. The van der Waals surface area contributed by atoms with Crippen molar-refractivity contribution in [1.82, 2.24) is 49.5 Å². The average Bonchev–Trinajstić information content (AvgIpc) is 4.01. The smallest absolute Gasteiger partial charge is 0.249 e. The number of anilines is 3. The maximum absolute atomic E-state index is 15.4. The van der Waals surface area contributed by atoms with Gasteiger partial charge in [0, 0.05) is 93.7 Å². The van der Waals surface area contributed by atoms with E-state index in [4.69, 9.17) is 19.8 Å². The third kappa shape index (κ3) is 8.33. The first-order valence-electron chi connectivity index (χ1n) is 23.0. The lowest BCUT2D eigenvalue weighted by Crippen LogP contribution is -2.64. The number of nitrogens with one attached hydrogen (secondary N) is 2. The minimum atomic E-state index is -0.559. The molecule has 6 aromatic rings. The molecule has 9 heterocycles. The van der Waals surface area contributed by atoms with Gasteiger partial charge in [0.2, 0.25) is 11.8 Å². The number of aromatic nitrogens is 7. The van der Waals surface area contributed by atoms with Crippen molar-refractivity contribution in [2.45, 2.75) is 75.3 Å². The Balaban J connectivity index is 0.722. The highest BCUT2D eigenvalue weighted by molar-refractivity contribution is 6.01. The molecule has 3 unspecified atom stereocenters. The molecule has 2 amide bonds. The number of hydrogen-bond donors (Lipinski definition) is 2. The fourth-order valence-electron chi connectivity index (χ4n) is 10.6. The first-order chi connectivity index (χ1) is 32.3. The third-order valence-electron chi connectivity index (χ3n) is 14.1. The molecule has 0 spiro atoms. The van der Waals surface area contributed by atoms with Gasteiger partial charge >= 0.3 is 0 Å². The van der Waals surface area contributed by atoms with E-state index in [1.807, 2.05) is 49.1 Å². The lowest BCUT2D eigenvalue weighted by Gasteiger charge is -2.50. The normalized spacial score (nSPS) is 24.0. The van der Waals surface area contributed by atoms with Gasteiger partial charge in [0.1, 0.15) is 34.8 Å². The molecule has 1 aromatic carbocycles. The maximum atomic E-state index is 15.4. The first kappa shape index (κ1) is 41.9. The zero-order chi connectivity index (χ0) is 44.7. The number of hydrogen-bond acceptors (Lipinski definition) is 14. The molecule has 5 aliphatic rings. The van der Waals surface area contributed by atoms with E-state index in [0.29, 0.717) is 59.5 Å². The SMILES string of the molecule is N#Cc1cnn2cc(-c3cnn([C@H]4CC[C@@H](N5CCN(c6ccc(NC7CCC(=O)NC7=O)cc6F)CC5)CC4)c3)nc(-c3ccc(N4CC5COCC(C4)N5Cc4ccccn4)nc3)c12. The fourth-order valence-corrected chi connectivity index (χ4v) is 10.6. The summed E-state index contributed by atoms with van der Waals surface area (Å²) >= 11 is 0. The standard InChI is InChI=1S/C48H51FN14O3/c49-40-19-34(55-41-10-13-45(64)57-48(41)65)5-11-43(40)59-17-15-58(16-18-59)36-6-8-37(9-7-36)62-24-33(23-53-62)42-28-63-47(32(20-50)22-54-63)46(56-42)31-4-12-44(52-21-31)60-26-38-29-66-30-39(27-60)61(38)25-35-3-1-2-14-51-35/h1-5,11-12,14,19,21-24,28,36-39,41,55H,6-10,13,15-18,25-27,29-30H2,(H,57,64,65)/t36-,37+,38?,39?,41?. The van der Waals surface area contributed by atoms with Crippen molar-refractivity contribution in [1.29, 1.82) is 5.26 Å². The second-order valence-electron chi connectivity index (χ2n) is 18.1. The average molecular weight is 891 g/mol. The predicted molar refractivity (Wildman–Crippen MR) is 244 cm³/mol. The molecule has 17 nitrogen and oxygen atoms in total. The van der Waals surface area contributed by atoms with Gasteiger partial charge in [-0.05, 0) is 74.6 Å². The summed E-state index contributed by atoms with van der Waals surface area (Å²) in [7, 11) is 0. The van der Waals surface area contributed by atoms with Crippen LogP contribution in [0.25, 0.3) is 28.0 Å². The van der Waals surface area contributed by atoms with Gasteiger partial charge in [0.05, 0.1) is 72.7 Å². The summed E-state index contributed by atoms with van der Waals surface area (Å²) in [5.41, 5.74) is 6.25. The number of carbonyl (C=O) groups excluding carboxylic acids is 2. The Morgan fingerprint density at radius 1 is 0.833 bits per heavy atom. The summed E-state index contributed by atoms with van der Waals surface area (Å²) in [6.07, 6.45) is 15.8. The Kier molecular flexibility index (Phi) is 11.3. The lowest BCUT2D eigenvalue weighted by molar-refractivity contribution is -0.133. The van der Waals surface area contributed by atoms with Gasteiger partial charge in [-0.3, -0.25) is 34.4 Å². The number of piperidine rings is 1. The van der Waals surface area contributed by atoms with Gasteiger partial charge in [0.25, 0.3) is 0 Å². The van der Waals surface area contributed by atoms with Crippen LogP contribution in [0, 0.1) is 17.1 Å². The molecule has 2 bridgehead atoms. The van der Waals surface area contributed by atoms with Crippen LogP contribution >= 0.6 is 0 Å². The number of benzene rings is 1. The van der Waals surface area contributed by atoms with Crippen molar-refractivity contribution in [3.05, 3.63) is 103 Å². The quantitative estimate of drug-likeness (QED) is 0.181. The molecule has 1 aliphatic carbocycles. The number of nitriles is 1. The van der Waals surface area contributed by atoms with Crippen molar-refractivity contribution in [3.63, 3.8) is 0 Å². The van der Waals surface area contributed by atoms with Crippen molar-refractivity contribution in [3.8, 4) is 28.6 Å². The highest BCUT2D eigenvalue weighted by Gasteiger charge is 2.39. The van der Waals surface area contributed by atoms with E-state index in [9.17, 15) is 14.9 Å². The van der Waals surface area contributed by atoms with E-state index in [-0.39, 0.29) is 42.2 Å². The number of morpholine rings is 1. The largest absolute Gasteiger partial charge is 0.378 e. The first-order valence-corrected chi connectivity index (χ1v) is 23.0. The second-order valence-corrected chi connectivity index (χ2v) is 18.1. The van der Waals surface area contributed by atoms with Gasteiger partial charge in [-0.1, -0.05) is 6.07 Å². The Bertz CT molecular complexity index is 2760. The highest BCUT2D eigenvalue weighted by Crippen LogP contribution is 2.35. The third-order valence-corrected chi connectivity index (χ3v) is 14.1. The fraction of sp³-hybridized carbons (Fsp3) is 0.417. The Morgan fingerprint density at radius 3 is 2.38 bits per heavy atom. The number of fused-ring (bicyclic) bond motifs is 3. The number of ether oxygens (including phenoxy) is 1. The minimum absolute atomic E-state index is 0.228. The Morgan fingerprint density at radius 2 is 1.65 bits per heavy atom. The van der Waals surface area contributed by atoms with Crippen LogP contribution in [0.5, 0.6) is 0 Å². The van der Waals surface area contributed by atoms with Crippen LogP contribution in [0.1, 0.15) is 55.8 Å². The monoisotopic (exact) mass is 890 g/mol. The molecule has 1 saturated carbocycles. The van der Waals surface area contributed by atoms with E-state index in [0.717, 1.165) is 94.1 Å². The van der Waals surface area contributed by atoms with Gasteiger partial charge < -0.3 is 19.9 Å². The van der Waals surface area contributed by atoms with Crippen molar-refractivity contribution in [2.24, 2.45) is 0 Å².